The molecule has 0 radical (unpaired) electrons. The zero-order valence-electron chi connectivity index (χ0n) is 7.43. The van der Waals surface area contributed by atoms with Gasteiger partial charge in [-0.3, -0.25) is 9.42 Å². The van der Waals surface area contributed by atoms with Crippen LogP contribution in [0.1, 0.15) is 5.56 Å². The Bertz CT molecular complexity index is 337. The Morgan fingerprint density at radius 2 is 2.15 bits per heavy atom. The summed E-state index contributed by atoms with van der Waals surface area (Å²) in [6.45, 7) is 1.86. The van der Waals surface area contributed by atoms with Crippen molar-refractivity contribution in [3.05, 3.63) is 29.8 Å². The summed E-state index contributed by atoms with van der Waals surface area (Å²) < 4.78 is 20.0. The fourth-order valence-electron chi connectivity index (χ4n) is 0.843. The van der Waals surface area contributed by atoms with Crippen molar-refractivity contribution in [2.24, 2.45) is 0 Å². The van der Waals surface area contributed by atoms with E-state index in [1.54, 1.807) is 18.2 Å². The molecule has 0 saturated heterocycles. The van der Waals surface area contributed by atoms with Crippen molar-refractivity contribution in [1.82, 2.24) is 0 Å². The Hall–Kier alpha value is -0.830. The summed E-state index contributed by atoms with van der Waals surface area (Å²) >= 11 is 0. The SMILES string of the molecule is COP(=O)(O)Oc1cccc(C)c1. The maximum absolute atomic E-state index is 11.0. The molecule has 0 spiro atoms. The van der Waals surface area contributed by atoms with Crippen molar-refractivity contribution < 1.29 is 18.5 Å². The largest absolute Gasteiger partial charge is 0.527 e. The molecule has 72 valence electrons. The van der Waals surface area contributed by atoms with Gasteiger partial charge in [0.1, 0.15) is 5.75 Å². The second-order valence-electron chi connectivity index (χ2n) is 2.56. The lowest BCUT2D eigenvalue weighted by Crippen LogP contribution is -1.93. The zero-order valence-corrected chi connectivity index (χ0v) is 8.32. The predicted molar refractivity (Wildman–Crippen MR) is 48.6 cm³/mol. The predicted octanol–water partition coefficient (Wildman–Crippen LogP) is 2.12. The Kier molecular flexibility index (Phi) is 3.09. The molecule has 0 saturated carbocycles. The van der Waals surface area contributed by atoms with Crippen molar-refractivity contribution in [3.63, 3.8) is 0 Å². The minimum atomic E-state index is -3.92. The average Bonchev–Trinajstić information content (AvgIpc) is 2.03. The topological polar surface area (TPSA) is 55.8 Å². The van der Waals surface area contributed by atoms with E-state index in [-0.39, 0.29) is 0 Å². The van der Waals surface area contributed by atoms with Crippen LogP contribution in [0.5, 0.6) is 5.75 Å². The first kappa shape index (κ1) is 10.3. The third-order valence-electron chi connectivity index (χ3n) is 1.44. The number of rotatable bonds is 3. The summed E-state index contributed by atoms with van der Waals surface area (Å²) in [5.41, 5.74) is 0.952. The molecule has 0 fully saturated rings. The van der Waals surface area contributed by atoms with Gasteiger partial charge >= 0.3 is 7.82 Å². The number of aryl methyl sites for hydroxylation is 1. The lowest BCUT2D eigenvalue weighted by Gasteiger charge is -2.10. The van der Waals surface area contributed by atoms with Crippen molar-refractivity contribution in [2.75, 3.05) is 7.11 Å². The van der Waals surface area contributed by atoms with E-state index in [9.17, 15) is 4.57 Å². The van der Waals surface area contributed by atoms with Crippen LogP contribution >= 0.6 is 7.82 Å². The zero-order chi connectivity index (χ0) is 9.90. The number of hydrogen-bond acceptors (Lipinski definition) is 3. The second-order valence-corrected chi connectivity index (χ2v) is 4.04. The van der Waals surface area contributed by atoms with Gasteiger partial charge in [0, 0.05) is 7.11 Å². The van der Waals surface area contributed by atoms with E-state index >= 15 is 0 Å². The Balaban J connectivity index is 2.81. The first-order chi connectivity index (χ1) is 6.03. The average molecular weight is 202 g/mol. The van der Waals surface area contributed by atoms with Gasteiger partial charge in [0.15, 0.2) is 0 Å². The summed E-state index contributed by atoms with van der Waals surface area (Å²) in [4.78, 5) is 8.98. The van der Waals surface area contributed by atoms with Crippen molar-refractivity contribution in [1.29, 1.82) is 0 Å². The van der Waals surface area contributed by atoms with Crippen molar-refractivity contribution in [2.45, 2.75) is 6.92 Å². The smallest absolute Gasteiger partial charge is 0.404 e. The summed E-state index contributed by atoms with van der Waals surface area (Å²) in [6, 6.07) is 6.85. The number of phosphoric acid groups is 1. The molecule has 1 rings (SSSR count). The summed E-state index contributed by atoms with van der Waals surface area (Å²) in [6.07, 6.45) is 0. The van der Waals surface area contributed by atoms with Crippen LogP contribution in [-0.4, -0.2) is 12.0 Å². The van der Waals surface area contributed by atoms with Gasteiger partial charge in [-0.1, -0.05) is 12.1 Å². The molecule has 1 aromatic carbocycles. The van der Waals surface area contributed by atoms with Crippen molar-refractivity contribution >= 4 is 7.82 Å². The van der Waals surface area contributed by atoms with Crippen LogP contribution in [0.4, 0.5) is 0 Å². The third-order valence-corrected chi connectivity index (χ3v) is 2.34. The van der Waals surface area contributed by atoms with E-state index in [0.717, 1.165) is 12.7 Å². The van der Waals surface area contributed by atoms with Gasteiger partial charge in [-0.05, 0) is 24.6 Å². The second kappa shape index (κ2) is 3.92. The minimum absolute atomic E-state index is 0.327. The summed E-state index contributed by atoms with van der Waals surface area (Å²) in [5, 5.41) is 0. The third kappa shape index (κ3) is 3.19. The van der Waals surface area contributed by atoms with Gasteiger partial charge in [0.25, 0.3) is 0 Å². The highest BCUT2D eigenvalue weighted by atomic mass is 31.2. The molecular formula is C8H11O4P. The molecule has 0 bridgehead atoms. The monoisotopic (exact) mass is 202 g/mol. The molecule has 1 unspecified atom stereocenters. The highest BCUT2D eigenvalue weighted by Crippen LogP contribution is 2.42. The number of benzene rings is 1. The quantitative estimate of drug-likeness (QED) is 0.762. The number of hydrogen-bond donors (Lipinski definition) is 1. The van der Waals surface area contributed by atoms with E-state index in [1.807, 2.05) is 13.0 Å². The van der Waals surface area contributed by atoms with Gasteiger partial charge in [0.05, 0.1) is 0 Å². The molecule has 1 N–H and O–H groups in total. The first-order valence-electron chi connectivity index (χ1n) is 3.68. The van der Waals surface area contributed by atoms with Crippen LogP contribution in [-0.2, 0) is 9.09 Å². The fraction of sp³-hybridized carbons (Fsp3) is 0.250. The maximum atomic E-state index is 11.0. The van der Waals surface area contributed by atoms with Gasteiger partial charge in [-0.25, -0.2) is 4.57 Å². The molecule has 4 nitrogen and oxygen atoms in total. The van der Waals surface area contributed by atoms with Crippen LogP contribution in [0.2, 0.25) is 0 Å². The molecule has 13 heavy (non-hydrogen) atoms. The molecule has 0 aliphatic rings. The van der Waals surface area contributed by atoms with Crippen LogP contribution in [0.3, 0.4) is 0 Å². The Labute approximate surface area is 76.7 Å². The first-order valence-corrected chi connectivity index (χ1v) is 5.18. The van der Waals surface area contributed by atoms with Gasteiger partial charge in [0.2, 0.25) is 0 Å². The van der Waals surface area contributed by atoms with E-state index in [0.29, 0.717) is 5.75 Å². The molecular weight excluding hydrogens is 191 g/mol. The normalized spacial score (nSPS) is 15.0. The van der Waals surface area contributed by atoms with Crippen LogP contribution < -0.4 is 4.52 Å². The fourth-order valence-corrected chi connectivity index (χ4v) is 1.30. The molecule has 1 aromatic rings. The molecule has 0 aromatic heterocycles. The standard InChI is InChI=1S/C8H11O4P/c1-7-4-3-5-8(6-7)12-13(9,10)11-2/h3-6H,1-2H3,(H,9,10). The van der Waals surface area contributed by atoms with Crippen LogP contribution in [0.25, 0.3) is 0 Å². The van der Waals surface area contributed by atoms with Gasteiger partial charge in [-0.15, -0.1) is 0 Å². The minimum Gasteiger partial charge on any atom is -0.404 e. The molecule has 0 aliphatic heterocycles. The molecule has 5 heteroatoms. The maximum Gasteiger partial charge on any atom is 0.527 e. The Morgan fingerprint density at radius 3 is 2.69 bits per heavy atom. The van der Waals surface area contributed by atoms with E-state index < -0.39 is 7.82 Å². The van der Waals surface area contributed by atoms with Gasteiger partial charge < -0.3 is 4.52 Å². The van der Waals surface area contributed by atoms with Crippen LogP contribution in [0.15, 0.2) is 24.3 Å². The van der Waals surface area contributed by atoms with E-state index in [1.165, 1.54) is 0 Å². The molecule has 0 amide bonds. The molecule has 0 aliphatic carbocycles. The molecule has 0 heterocycles. The molecule has 1 atom stereocenters. The van der Waals surface area contributed by atoms with E-state index in [4.69, 9.17) is 9.42 Å². The Morgan fingerprint density at radius 1 is 1.46 bits per heavy atom. The summed E-state index contributed by atoms with van der Waals surface area (Å²) in [5.74, 6) is 0.327. The highest BCUT2D eigenvalue weighted by molar-refractivity contribution is 7.47. The van der Waals surface area contributed by atoms with Crippen molar-refractivity contribution in [3.8, 4) is 5.75 Å². The lowest BCUT2D eigenvalue weighted by molar-refractivity contribution is 0.242. The number of phosphoric ester groups is 1. The van der Waals surface area contributed by atoms with Gasteiger partial charge in [-0.2, -0.15) is 0 Å². The lowest BCUT2D eigenvalue weighted by atomic mass is 10.2. The van der Waals surface area contributed by atoms with Crippen LogP contribution in [0, 0.1) is 6.92 Å². The summed E-state index contributed by atoms with van der Waals surface area (Å²) in [7, 11) is -2.79. The highest BCUT2D eigenvalue weighted by Gasteiger charge is 2.19. The van der Waals surface area contributed by atoms with E-state index in [2.05, 4.69) is 4.52 Å².